The molecule has 0 saturated heterocycles. The molecule has 0 heterocycles. The fraction of sp³-hybridized carbons (Fsp3) is 0.0625. The fourth-order valence-electron chi connectivity index (χ4n) is 4.78. The van der Waals surface area contributed by atoms with E-state index in [4.69, 9.17) is 10.2 Å². The van der Waals surface area contributed by atoms with Crippen LogP contribution in [0.1, 0.15) is 54.1 Å². The van der Waals surface area contributed by atoms with Gasteiger partial charge in [0.1, 0.15) is 5.82 Å². The Morgan fingerprint density at radius 2 is 1.11 bits per heavy atom. The van der Waals surface area contributed by atoms with E-state index in [1.165, 1.54) is 23.3 Å². The lowest BCUT2D eigenvalue weighted by atomic mass is 9.98. The number of carbonyl (C=O) groups is 2. The molecule has 2 aliphatic carbocycles. The molecule has 37 heavy (non-hydrogen) atoms. The van der Waals surface area contributed by atoms with Gasteiger partial charge in [0.2, 0.25) is 0 Å². The van der Waals surface area contributed by atoms with Gasteiger partial charge >= 0.3 is 11.9 Å². The van der Waals surface area contributed by atoms with Crippen molar-refractivity contribution in [1.82, 2.24) is 0 Å². The molecule has 0 fully saturated rings. The summed E-state index contributed by atoms with van der Waals surface area (Å²) in [6, 6.07) is 27.0. The molecule has 0 atom stereocenters. The molecule has 0 spiro atoms. The van der Waals surface area contributed by atoms with E-state index in [9.17, 15) is 14.0 Å². The molecule has 0 radical (unpaired) electrons. The molecule has 0 unspecified atom stereocenters. The van der Waals surface area contributed by atoms with Crippen molar-refractivity contribution >= 4 is 23.1 Å². The van der Waals surface area contributed by atoms with Gasteiger partial charge in [0.05, 0.1) is 11.1 Å². The molecule has 0 amide bonds. The maximum absolute atomic E-state index is 13.3. The van der Waals surface area contributed by atoms with Gasteiger partial charge in [-0.2, -0.15) is 0 Å². The van der Waals surface area contributed by atoms with Crippen molar-refractivity contribution in [2.24, 2.45) is 0 Å². The first kappa shape index (κ1) is 23.9. The van der Waals surface area contributed by atoms with Gasteiger partial charge in [0.25, 0.3) is 0 Å². The SMILES string of the molecule is O=C(O)c1ccc2c(c1)CC=C2c1cccc(F)c1.O=C(O)c1ccc2c(c1)CC=C2c1ccccc1. The highest BCUT2D eigenvalue weighted by Crippen LogP contribution is 2.34. The van der Waals surface area contributed by atoms with Crippen molar-refractivity contribution in [2.45, 2.75) is 12.8 Å². The van der Waals surface area contributed by atoms with Crippen molar-refractivity contribution in [3.63, 3.8) is 0 Å². The standard InChI is InChI=1S/C16H11FO2.C16H12O2/c17-13-3-1-2-10(9-13)14-6-4-11-8-12(16(18)19)5-7-15(11)14;17-16(18)13-7-9-15-12(10-13)6-8-14(15)11-4-2-1-3-5-11/h1-3,5-9H,4H2,(H,18,19);1-5,7-10H,6H2,(H,17,18). The van der Waals surface area contributed by atoms with E-state index in [0.717, 1.165) is 39.8 Å². The highest BCUT2D eigenvalue weighted by molar-refractivity contribution is 5.92. The Morgan fingerprint density at radius 1 is 0.595 bits per heavy atom. The third-order valence-electron chi connectivity index (χ3n) is 6.56. The Kier molecular flexibility index (Phi) is 6.52. The number of allylic oxidation sites excluding steroid dienone is 2. The average Bonchev–Trinajstić information content (AvgIpc) is 3.53. The summed E-state index contributed by atoms with van der Waals surface area (Å²) in [6.07, 6.45) is 5.65. The number of carboxylic acid groups (broad SMARTS) is 2. The Morgan fingerprint density at radius 3 is 1.62 bits per heavy atom. The molecule has 2 N–H and O–H groups in total. The van der Waals surface area contributed by atoms with Crippen LogP contribution in [0.3, 0.4) is 0 Å². The largest absolute Gasteiger partial charge is 0.478 e. The van der Waals surface area contributed by atoms with Crippen LogP contribution in [-0.4, -0.2) is 22.2 Å². The number of carboxylic acids is 2. The Balaban J connectivity index is 0.000000152. The van der Waals surface area contributed by atoms with Crippen LogP contribution in [0.5, 0.6) is 0 Å². The smallest absolute Gasteiger partial charge is 0.335 e. The Bertz CT molecular complexity index is 1580. The monoisotopic (exact) mass is 490 g/mol. The molecule has 4 nitrogen and oxygen atoms in total. The highest BCUT2D eigenvalue weighted by atomic mass is 19.1. The van der Waals surface area contributed by atoms with Crippen molar-refractivity contribution in [3.8, 4) is 0 Å². The molecular weight excluding hydrogens is 467 g/mol. The minimum Gasteiger partial charge on any atom is -0.478 e. The zero-order valence-electron chi connectivity index (χ0n) is 19.8. The van der Waals surface area contributed by atoms with E-state index in [1.807, 2.05) is 36.4 Å². The van der Waals surface area contributed by atoms with Crippen molar-refractivity contribution in [2.75, 3.05) is 0 Å². The second kappa shape index (κ2) is 10.1. The topological polar surface area (TPSA) is 74.6 Å². The van der Waals surface area contributed by atoms with Crippen LogP contribution < -0.4 is 0 Å². The molecule has 4 aromatic rings. The van der Waals surface area contributed by atoms with Crippen LogP contribution in [0.15, 0.2) is 103 Å². The van der Waals surface area contributed by atoms with Gasteiger partial charge < -0.3 is 10.2 Å². The number of rotatable bonds is 4. The molecule has 4 aromatic carbocycles. The first-order chi connectivity index (χ1) is 17.9. The van der Waals surface area contributed by atoms with Crippen LogP contribution >= 0.6 is 0 Å². The zero-order chi connectivity index (χ0) is 25.9. The maximum Gasteiger partial charge on any atom is 0.335 e. The van der Waals surface area contributed by atoms with Gasteiger partial charge in [-0.15, -0.1) is 0 Å². The minimum atomic E-state index is -0.929. The van der Waals surface area contributed by atoms with Gasteiger partial charge in [-0.1, -0.05) is 66.7 Å². The number of aromatic carboxylic acids is 2. The summed E-state index contributed by atoms with van der Waals surface area (Å²) < 4.78 is 13.3. The van der Waals surface area contributed by atoms with E-state index in [2.05, 4.69) is 18.2 Å². The molecule has 0 saturated carbocycles. The second-order valence-corrected chi connectivity index (χ2v) is 8.87. The molecule has 182 valence electrons. The molecule has 0 bridgehead atoms. The Hall–Kier alpha value is -4.77. The third kappa shape index (κ3) is 4.98. The molecule has 5 heteroatoms. The van der Waals surface area contributed by atoms with Gasteiger partial charge in [-0.25, -0.2) is 14.0 Å². The van der Waals surface area contributed by atoms with Gasteiger partial charge in [0.15, 0.2) is 0 Å². The molecular formula is C32H23FO4. The quantitative estimate of drug-likeness (QED) is 0.327. The lowest BCUT2D eigenvalue weighted by Crippen LogP contribution is -1.98. The van der Waals surface area contributed by atoms with Gasteiger partial charge in [-0.3, -0.25) is 0 Å². The van der Waals surface area contributed by atoms with Gasteiger partial charge in [-0.05, 0) is 93.8 Å². The number of hydrogen-bond acceptors (Lipinski definition) is 2. The summed E-state index contributed by atoms with van der Waals surface area (Å²) in [5.41, 5.74) is 8.99. The van der Waals surface area contributed by atoms with Crippen LogP contribution in [0.4, 0.5) is 4.39 Å². The lowest BCUT2D eigenvalue weighted by molar-refractivity contribution is 0.0686. The van der Waals surface area contributed by atoms with Crippen LogP contribution in [0, 0.1) is 5.82 Å². The van der Waals surface area contributed by atoms with Crippen molar-refractivity contribution in [3.05, 3.63) is 153 Å². The summed E-state index contributed by atoms with van der Waals surface area (Å²) in [4.78, 5) is 21.9. The Labute approximate surface area is 213 Å². The molecule has 0 aromatic heterocycles. The van der Waals surface area contributed by atoms with E-state index in [1.54, 1.807) is 36.4 Å². The number of benzene rings is 4. The lowest BCUT2D eigenvalue weighted by Gasteiger charge is -2.07. The van der Waals surface area contributed by atoms with E-state index >= 15 is 0 Å². The highest BCUT2D eigenvalue weighted by Gasteiger charge is 2.18. The predicted octanol–water partition coefficient (Wildman–Crippen LogP) is 6.88. The maximum atomic E-state index is 13.3. The van der Waals surface area contributed by atoms with Crippen molar-refractivity contribution < 1.29 is 24.2 Å². The molecule has 2 aliphatic rings. The predicted molar refractivity (Wildman–Crippen MR) is 141 cm³/mol. The zero-order valence-corrected chi connectivity index (χ0v) is 19.8. The molecule has 0 aliphatic heterocycles. The van der Waals surface area contributed by atoms with Gasteiger partial charge in [0, 0.05) is 0 Å². The van der Waals surface area contributed by atoms with Crippen LogP contribution in [-0.2, 0) is 12.8 Å². The third-order valence-corrected chi connectivity index (χ3v) is 6.56. The summed E-state index contributed by atoms with van der Waals surface area (Å²) >= 11 is 0. The summed E-state index contributed by atoms with van der Waals surface area (Å²) in [6.45, 7) is 0. The van der Waals surface area contributed by atoms with E-state index in [0.29, 0.717) is 12.0 Å². The average molecular weight is 491 g/mol. The van der Waals surface area contributed by atoms with E-state index < -0.39 is 11.9 Å². The summed E-state index contributed by atoms with van der Waals surface area (Å²) in [7, 11) is 0. The van der Waals surface area contributed by atoms with Crippen LogP contribution in [0.2, 0.25) is 0 Å². The first-order valence-electron chi connectivity index (χ1n) is 11.9. The number of fused-ring (bicyclic) bond motifs is 2. The van der Waals surface area contributed by atoms with E-state index in [-0.39, 0.29) is 11.4 Å². The van der Waals surface area contributed by atoms with Crippen molar-refractivity contribution in [1.29, 1.82) is 0 Å². The number of hydrogen-bond donors (Lipinski definition) is 2. The molecule has 6 rings (SSSR count). The summed E-state index contributed by atoms with van der Waals surface area (Å²) in [5, 5.41) is 18.0. The van der Waals surface area contributed by atoms with Crippen LogP contribution in [0.25, 0.3) is 11.1 Å². The summed E-state index contributed by atoms with van der Waals surface area (Å²) in [5.74, 6) is -2.07. The minimum absolute atomic E-state index is 0.269. The number of halogens is 1. The fourth-order valence-corrected chi connectivity index (χ4v) is 4.78. The second-order valence-electron chi connectivity index (χ2n) is 8.87. The first-order valence-corrected chi connectivity index (χ1v) is 11.9. The normalized spacial score (nSPS) is 13.0.